The summed E-state index contributed by atoms with van der Waals surface area (Å²) < 4.78 is 0. The molecule has 0 saturated heterocycles. The van der Waals surface area contributed by atoms with E-state index in [0.717, 1.165) is 5.33 Å². The molecule has 0 aliphatic heterocycles. The number of hydrogen-bond acceptors (Lipinski definition) is 1. The average Bonchev–Trinajstić information content (AvgIpc) is 2.27. The summed E-state index contributed by atoms with van der Waals surface area (Å²) in [6, 6.07) is 4.93. The van der Waals surface area contributed by atoms with E-state index < -0.39 is 0 Å². The zero-order valence-electron chi connectivity index (χ0n) is 9.64. The van der Waals surface area contributed by atoms with E-state index in [1.165, 1.54) is 0 Å². The predicted octanol–water partition coefficient (Wildman–Crippen LogP) is 4.14. The molecule has 0 aromatic heterocycles. The Kier molecular flexibility index (Phi) is 5.77. The molecule has 1 rings (SSSR count). The Morgan fingerprint density at radius 1 is 1.41 bits per heavy atom. The van der Waals surface area contributed by atoms with Crippen LogP contribution in [0.5, 0.6) is 0 Å². The lowest BCUT2D eigenvalue weighted by Gasteiger charge is -2.19. The van der Waals surface area contributed by atoms with Crippen LogP contribution < -0.4 is 5.32 Å². The van der Waals surface area contributed by atoms with E-state index in [1.54, 1.807) is 18.2 Å². The van der Waals surface area contributed by atoms with Crippen LogP contribution in [-0.2, 0) is 0 Å². The van der Waals surface area contributed by atoms with Gasteiger partial charge in [-0.1, -0.05) is 46.1 Å². The first kappa shape index (κ1) is 14.8. The summed E-state index contributed by atoms with van der Waals surface area (Å²) >= 11 is 15.1. The van der Waals surface area contributed by atoms with Gasteiger partial charge in [0.1, 0.15) is 0 Å². The summed E-state index contributed by atoms with van der Waals surface area (Å²) in [5, 5.41) is 4.64. The second-order valence-corrected chi connectivity index (χ2v) is 5.51. The predicted molar refractivity (Wildman–Crippen MR) is 76.3 cm³/mol. The Morgan fingerprint density at radius 3 is 2.59 bits per heavy atom. The van der Waals surface area contributed by atoms with Crippen molar-refractivity contribution in [1.82, 2.24) is 5.32 Å². The molecule has 1 amide bonds. The summed E-state index contributed by atoms with van der Waals surface area (Å²) in [4.78, 5) is 12.0. The van der Waals surface area contributed by atoms with Gasteiger partial charge in [-0.05, 0) is 31.0 Å². The monoisotopic (exact) mass is 337 g/mol. The van der Waals surface area contributed by atoms with Crippen molar-refractivity contribution in [3.05, 3.63) is 33.8 Å². The number of alkyl halides is 1. The van der Waals surface area contributed by atoms with Gasteiger partial charge in [-0.25, -0.2) is 0 Å². The summed E-state index contributed by atoms with van der Waals surface area (Å²) in [5.74, 6) is 0.178. The SMILES string of the molecule is CC(CBr)C(C)NC(=O)c1ccc(Cl)cc1Cl. The topological polar surface area (TPSA) is 29.1 Å². The van der Waals surface area contributed by atoms with Crippen molar-refractivity contribution in [3.63, 3.8) is 0 Å². The van der Waals surface area contributed by atoms with Crippen molar-refractivity contribution in [1.29, 1.82) is 0 Å². The Bertz CT molecular complexity index is 411. The highest BCUT2D eigenvalue weighted by Gasteiger charge is 2.16. The van der Waals surface area contributed by atoms with Crippen LogP contribution in [0.3, 0.4) is 0 Å². The molecule has 1 aromatic carbocycles. The maximum atomic E-state index is 12.0. The molecule has 2 atom stereocenters. The zero-order chi connectivity index (χ0) is 13.0. The van der Waals surface area contributed by atoms with Crippen LogP contribution >= 0.6 is 39.1 Å². The number of amides is 1. The lowest BCUT2D eigenvalue weighted by atomic mass is 10.1. The molecular weight excluding hydrogens is 325 g/mol. The van der Waals surface area contributed by atoms with Gasteiger partial charge < -0.3 is 5.32 Å². The summed E-state index contributed by atoms with van der Waals surface area (Å²) in [5.41, 5.74) is 0.449. The lowest BCUT2D eigenvalue weighted by Crippen LogP contribution is -2.37. The van der Waals surface area contributed by atoms with Crippen LogP contribution in [-0.4, -0.2) is 17.3 Å². The first-order valence-electron chi connectivity index (χ1n) is 5.27. The molecular formula is C12H14BrCl2NO. The molecule has 2 unspecified atom stereocenters. The third-order valence-electron chi connectivity index (χ3n) is 2.63. The van der Waals surface area contributed by atoms with E-state index in [2.05, 4.69) is 28.2 Å². The molecule has 0 heterocycles. The molecule has 1 N–H and O–H groups in total. The fraction of sp³-hybridized carbons (Fsp3) is 0.417. The molecule has 0 fully saturated rings. The molecule has 0 aliphatic rings. The highest BCUT2D eigenvalue weighted by molar-refractivity contribution is 9.09. The Labute approximate surface area is 120 Å². The quantitative estimate of drug-likeness (QED) is 0.821. The molecule has 0 aliphatic carbocycles. The Balaban J connectivity index is 2.76. The molecule has 94 valence electrons. The molecule has 2 nitrogen and oxygen atoms in total. The van der Waals surface area contributed by atoms with Gasteiger partial charge in [-0.15, -0.1) is 0 Å². The number of rotatable bonds is 4. The van der Waals surface area contributed by atoms with Crippen molar-refractivity contribution in [2.45, 2.75) is 19.9 Å². The maximum Gasteiger partial charge on any atom is 0.253 e. The smallest absolute Gasteiger partial charge is 0.253 e. The Hall–Kier alpha value is -0.250. The Morgan fingerprint density at radius 2 is 2.06 bits per heavy atom. The summed E-state index contributed by atoms with van der Waals surface area (Å²) in [6.07, 6.45) is 0. The zero-order valence-corrected chi connectivity index (χ0v) is 12.7. The minimum Gasteiger partial charge on any atom is -0.349 e. The largest absolute Gasteiger partial charge is 0.349 e. The van der Waals surface area contributed by atoms with Crippen LogP contribution in [0.2, 0.25) is 10.0 Å². The molecule has 17 heavy (non-hydrogen) atoms. The number of benzene rings is 1. The van der Waals surface area contributed by atoms with Gasteiger partial charge >= 0.3 is 0 Å². The number of nitrogens with one attached hydrogen (secondary N) is 1. The average molecular weight is 339 g/mol. The van der Waals surface area contributed by atoms with Crippen LogP contribution in [0.4, 0.5) is 0 Å². The van der Waals surface area contributed by atoms with Gasteiger partial charge in [0.2, 0.25) is 0 Å². The second kappa shape index (κ2) is 6.62. The first-order valence-corrected chi connectivity index (χ1v) is 7.15. The molecule has 0 spiro atoms. The molecule has 0 radical (unpaired) electrons. The minimum atomic E-state index is -0.174. The summed E-state index contributed by atoms with van der Waals surface area (Å²) in [6.45, 7) is 4.02. The molecule has 5 heteroatoms. The first-order chi connectivity index (χ1) is 7.95. The standard InChI is InChI=1S/C12H14BrCl2NO/c1-7(6-13)8(2)16-12(17)10-4-3-9(14)5-11(10)15/h3-5,7-8H,6H2,1-2H3,(H,16,17). The number of hydrogen-bond donors (Lipinski definition) is 1. The van der Waals surface area contributed by atoms with E-state index in [-0.39, 0.29) is 11.9 Å². The van der Waals surface area contributed by atoms with E-state index in [4.69, 9.17) is 23.2 Å². The van der Waals surface area contributed by atoms with Crippen molar-refractivity contribution < 1.29 is 4.79 Å². The number of carbonyl (C=O) groups is 1. The van der Waals surface area contributed by atoms with Crippen molar-refractivity contribution in [2.24, 2.45) is 5.92 Å². The van der Waals surface area contributed by atoms with Gasteiger partial charge in [0.25, 0.3) is 5.91 Å². The fourth-order valence-electron chi connectivity index (χ4n) is 1.23. The number of carbonyl (C=O) groups excluding carboxylic acids is 1. The van der Waals surface area contributed by atoms with Crippen molar-refractivity contribution in [3.8, 4) is 0 Å². The van der Waals surface area contributed by atoms with Gasteiger partial charge in [0.15, 0.2) is 0 Å². The molecule has 0 bridgehead atoms. The third-order valence-corrected chi connectivity index (χ3v) is 4.20. The number of halogens is 3. The maximum absolute atomic E-state index is 12.0. The van der Waals surface area contributed by atoms with Gasteiger partial charge in [-0.3, -0.25) is 4.79 Å². The van der Waals surface area contributed by atoms with Crippen molar-refractivity contribution in [2.75, 3.05) is 5.33 Å². The normalized spacial score (nSPS) is 14.2. The van der Waals surface area contributed by atoms with E-state index in [1.807, 2.05) is 6.92 Å². The lowest BCUT2D eigenvalue weighted by molar-refractivity contribution is 0.0931. The van der Waals surface area contributed by atoms with E-state index in [9.17, 15) is 4.79 Å². The molecule has 0 saturated carbocycles. The van der Waals surface area contributed by atoms with E-state index >= 15 is 0 Å². The van der Waals surface area contributed by atoms with Gasteiger partial charge in [-0.2, -0.15) is 0 Å². The second-order valence-electron chi connectivity index (χ2n) is 4.02. The van der Waals surface area contributed by atoms with Crippen LogP contribution in [0.15, 0.2) is 18.2 Å². The van der Waals surface area contributed by atoms with Crippen LogP contribution in [0.25, 0.3) is 0 Å². The third kappa shape index (κ3) is 4.16. The highest BCUT2D eigenvalue weighted by atomic mass is 79.9. The van der Waals surface area contributed by atoms with Gasteiger partial charge in [0, 0.05) is 16.4 Å². The highest BCUT2D eigenvalue weighted by Crippen LogP contribution is 2.21. The van der Waals surface area contributed by atoms with Gasteiger partial charge in [0.05, 0.1) is 10.6 Å². The summed E-state index contributed by atoms with van der Waals surface area (Å²) in [7, 11) is 0. The minimum absolute atomic E-state index is 0.0774. The van der Waals surface area contributed by atoms with E-state index in [0.29, 0.717) is 21.5 Å². The van der Waals surface area contributed by atoms with Crippen LogP contribution in [0, 0.1) is 5.92 Å². The van der Waals surface area contributed by atoms with Crippen molar-refractivity contribution >= 4 is 45.0 Å². The molecule has 1 aromatic rings. The van der Waals surface area contributed by atoms with Crippen LogP contribution in [0.1, 0.15) is 24.2 Å². The fourth-order valence-corrected chi connectivity index (χ4v) is 2.29.